The van der Waals surface area contributed by atoms with E-state index in [-0.39, 0.29) is 6.42 Å². The topological polar surface area (TPSA) is 122 Å². The molecule has 0 radical (unpaired) electrons. The maximum Gasteiger partial charge on any atom is 0.345 e. The molecule has 0 unspecified atom stereocenters. The zero-order chi connectivity index (χ0) is 26.5. The predicted molar refractivity (Wildman–Crippen MR) is 140 cm³/mol. The van der Waals surface area contributed by atoms with Crippen LogP contribution in [0.4, 0.5) is 0 Å². The molecular weight excluding hydrogens is 482 g/mol. The largest absolute Gasteiger partial charge is 0.478 e. The number of carboxylic acids is 1. The lowest BCUT2D eigenvalue weighted by molar-refractivity contribution is -0.145. The molecule has 3 aromatic carbocycles. The van der Waals surface area contributed by atoms with Crippen LogP contribution in [0.15, 0.2) is 81.6 Å². The van der Waals surface area contributed by atoms with Crippen LogP contribution in [0.5, 0.6) is 5.75 Å². The van der Waals surface area contributed by atoms with Crippen LogP contribution < -0.4 is 4.74 Å². The molecule has 1 atom stereocenters. The number of aliphatic carboxylic acids is 1. The van der Waals surface area contributed by atoms with Crippen LogP contribution in [0.3, 0.4) is 0 Å². The van der Waals surface area contributed by atoms with Gasteiger partial charge >= 0.3 is 5.97 Å². The summed E-state index contributed by atoms with van der Waals surface area (Å²) in [6.07, 6.45) is 1.23. The summed E-state index contributed by atoms with van der Waals surface area (Å²) in [6.45, 7) is 1.92. The number of rotatable bonds is 10. The van der Waals surface area contributed by atoms with E-state index in [9.17, 15) is 9.90 Å². The minimum absolute atomic E-state index is 0.155. The van der Waals surface area contributed by atoms with Gasteiger partial charge in [-0.2, -0.15) is 5.26 Å². The second-order valence-corrected chi connectivity index (χ2v) is 8.94. The van der Waals surface area contributed by atoms with E-state index in [0.29, 0.717) is 40.6 Å². The van der Waals surface area contributed by atoms with E-state index < -0.39 is 12.1 Å². The SMILES string of the molecule is Cc1oc(-c2ccccc2)nc1CCCc1nc2cc(C[C@H](Oc3ccc(C#N)cc3)C(=O)O)ccc2o1. The maximum absolute atomic E-state index is 11.8. The second-order valence-electron chi connectivity index (χ2n) is 8.94. The molecule has 5 aromatic rings. The van der Waals surface area contributed by atoms with Gasteiger partial charge in [0.2, 0.25) is 5.89 Å². The first kappa shape index (κ1) is 24.8. The minimum Gasteiger partial charge on any atom is -0.478 e. The number of carboxylic acid groups (broad SMARTS) is 1. The lowest BCUT2D eigenvalue weighted by atomic mass is 10.1. The van der Waals surface area contributed by atoms with Gasteiger partial charge in [0, 0.05) is 18.4 Å². The molecule has 2 aromatic heterocycles. The zero-order valence-electron chi connectivity index (χ0n) is 20.8. The molecule has 0 spiro atoms. The quantitative estimate of drug-likeness (QED) is 0.247. The van der Waals surface area contributed by atoms with Gasteiger partial charge in [0.15, 0.2) is 17.6 Å². The maximum atomic E-state index is 11.8. The average molecular weight is 508 g/mol. The van der Waals surface area contributed by atoms with Crippen molar-refractivity contribution in [2.75, 3.05) is 0 Å². The molecule has 190 valence electrons. The zero-order valence-corrected chi connectivity index (χ0v) is 20.8. The molecule has 0 aliphatic carbocycles. The number of ether oxygens (including phenoxy) is 1. The third-order valence-corrected chi connectivity index (χ3v) is 6.17. The van der Waals surface area contributed by atoms with Gasteiger partial charge in [-0.25, -0.2) is 14.8 Å². The molecule has 0 saturated carbocycles. The lowest BCUT2D eigenvalue weighted by Gasteiger charge is -2.15. The smallest absolute Gasteiger partial charge is 0.345 e. The highest BCUT2D eigenvalue weighted by Gasteiger charge is 2.21. The van der Waals surface area contributed by atoms with Gasteiger partial charge in [-0.15, -0.1) is 0 Å². The Labute approximate surface area is 219 Å². The lowest BCUT2D eigenvalue weighted by Crippen LogP contribution is -2.29. The fourth-order valence-electron chi connectivity index (χ4n) is 4.19. The van der Waals surface area contributed by atoms with Crippen LogP contribution in [-0.2, 0) is 24.1 Å². The monoisotopic (exact) mass is 507 g/mol. The van der Waals surface area contributed by atoms with Crippen molar-refractivity contribution in [3.05, 3.63) is 101 Å². The van der Waals surface area contributed by atoms with Gasteiger partial charge in [-0.05, 0) is 73.9 Å². The number of fused-ring (bicyclic) bond motifs is 1. The van der Waals surface area contributed by atoms with E-state index in [0.717, 1.165) is 35.4 Å². The average Bonchev–Trinajstić information content (AvgIpc) is 3.51. The number of hydrogen-bond acceptors (Lipinski definition) is 7. The standard InChI is InChI=1S/C30H25N3O5/c1-19-24(33-29(36-19)22-6-3-2-4-7-22)8-5-9-28-32-25-16-21(12-15-26(25)38-28)17-27(30(34)35)37-23-13-10-20(18-31)11-14-23/h2-4,6-7,10-16,27H,5,8-9,17H2,1H3,(H,34,35)/t27-/m0/s1. The third-order valence-electron chi connectivity index (χ3n) is 6.17. The van der Waals surface area contributed by atoms with E-state index in [1.54, 1.807) is 30.3 Å². The van der Waals surface area contributed by atoms with E-state index in [1.165, 1.54) is 0 Å². The highest BCUT2D eigenvalue weighted by Crippen LogP contribution is 2.24. The first-order valence-corrected chi connectivity index (χ1v) is 12.3. The van der Waals surface area contributed by atoms with Crippen molar-refractivity contribution in [1.82, 2.24) is 9.97 Å². The molecule has 2 heterocycles. The van der Waals surface area contributed by atoms with Crippen molar-refractivity contribution in [3.63, 3.8) is 0 Å². The Morgan fingerprint density at radius 1 is 1.03 bits per heavy atom. The molecule has 1 N–H and O–H groups in total. The van der Waals surface area contributed by atoms with Gasteiger partial charge in [0.1, 0.15) is 17.0 Å². The van der Waals surface area contributed by atoms with Crippen molar-refractivity contribution in [1.29, 1.82) is 5.26 Å². The van der Waals surface area contributed by atoms with Crippen LogP contribution in [0.1, 0.15) is 34.9 Å². The Morgan fingerprint density at radius 3 is 2.55 bits per heavy atom. The normalized spacial score (nSPS) is 11.8. The molecule has 38 heavy (non-hydrogen) atoms. The van der Waals surface area contributed by atoms with E-state index in [2.05, 4.69) is 9.97 Å². The van der Waals surface area contributed by atoms with Crippen LogP contribution in [0.2, 0.25) is 0 Å². The number of oxazole rings is 2. The number of carbonyl (C=O) groups is 1. The summed E-state index contributed by atoms with van der Waals surface area (Å²) in [5.74, 6) is 1.36. The molecule has 0 saturated heterocycles. The molecule has 0 amide bonds. The summed E-state index contributed by atoms with van der Waals surface area (Å²) in [5.41, 5.74) is 4.43. The number of benzene rings is 3. The second kappa shape index (κ2) is 11.0. The summed E-state index contributed by atoms with van der Waals surface area (Å²) in [7, 11) is 0. The molecule has 5 rings (SSSR count). The van der Waals surface area contributed by atoms with Crippen molar-refractivity contribution < 1.29 is 23.5 Å². The molecule has 0 bridgehead atoms. The third kappa shape index (κ3) is 5.73. The highest BCUT2D eigenvalue weighted by molar-refractivity contribution is 5.75. The van der Waals surface area contributed by atoms with Gasteiger partial charge in [0.25, 0.3) is 0 Å². The fraction of sp³-hybridized carbons (Fsp3) is 0.200. The fourth-order valence-corrected chi connectivity index (χ4v) is 4.19. The summed E-state index contributed by atoms with van der Waals surface area (Å²) in [5, 5.41) is 18.6. The summed E-state index contributed by atoms with van der Waals surface area (Å²) in [4.78, 5) is 21.1. The van der Waals surface area contributed by atoms with Gasteiger partial charge < -0.3 is 18.7 Å². The van der Waals surface area contributed by atoms with Crippen molar-refractivity contribution >= 4 is 17.1 Å². The highest BCUT2D eigenvalue weighted by atomic mass is 16.5. The van der Waals surface area contributed by atoms with Gasteiger partial charge in [-0.1, -0.05) is 24.3 Å². The summed E-state index contributed by atoms with van der Waals surface area (Å²) >= 11 is 0. The number of hydrogen-bond donors (Lipinski definition) is 1. The van der Waals surface area contributed by atoms with E-state index in [1.807, 2.05) is 55.5 Å². The molecule has 8 heteroatoms. The predicted octanol–water partition coefficient (Wildman–Crippen LogP) is 5.91. The van der Waals surface area contributed by atoms with Crippen LogP contribution >= 0.6 is 0 Å². The Balaban J connectivity index is 1.21. The minimum atomic E-state index is -1.08. The Bertz CT molecular complexity index is 1600. The molecule has 0 aliphatic heterocycles. The number of aryl methyl sites for hydroxylation is 3. The summed E-state index contributed by atoms with van der Waals surface area (Å²) in [6, 6.07) is 23.6. The van der Waals surface area contributed by atoms with Gasteiger partial charge in [-0.3, -0.25) is 0 Å². The van der Waals surface area contributed by atoms with Crippen LogP contribution in [0.25, 0.3) is 22.6 Å². The first-order valence-electron chi connectivity index (χ1n) is 12.3. The van der Waals surface area contributed by atoms with Crippen LogP contribution in [0, 0.1) is 18.3 Å². The van der Waals surface area contributed by atoms with Crippen molar-refractivity contribution in [3.8, 4) is 23.3 Å². The molecule has 8 nitrogen and oxygen atoms in total. The van der Waals surface area contributed by atoms with Gasteiger partial charge in [0.05, 0.1) is 17.3 Å². The Morgan fingerprint density at radius 2 is 1.82 bits per heavy atom. The number of nitriles is 1. The van der Waals surface area contributed by atoms with Crippen molar-refractivity contribution in [2.45, 2.75) is 38.7 Å². The Hall–Kier alpha value is -4.90. The first-order chi connectivity index (χ1) is 18.5. The molecule has 0 aliphatic rings. The molecular formula is C30H25N3O5. The van der Waals surface area contributed by atoms with Crippen LogP contribution in [-0.4, -0.2) is 27.1 Å². The van der Waals surface area contributed by atoms with E-state index in [4.69, 9.17) is 18.8 Å². The summed E-state index contributed by atoms with van der Waals surface area (Å²) < 4.78 is 17.4. The molecule has 0 fully saturated rings. The van der Waals surface area contributed by atoms with Crippen molar-refractivity contribution in [2.24, 2.45) is 0 Å². The number of aromatic nitrogens is 2. The van der Waals surface area contributed by atoms with E-state index >= 15 is 0 Å². The number of nitrogens with zero attached hydrogens (tertiary/aromatic N) is 3. The Kier molecular flexibility index (Phi) is 7.18.